The number of fused-ring (bicyclic) bond motifs is 1. The number of aromatic nitrogens is 3. The van der Waals surface area contributed by atoms with Gasteiger partial charge in [0.15, 0.2) is 0 Å². The van der Waals surface area contributed by atoms with Gasteiger partial charge in [-0.25, -0.2) is 4.98 Å². The van der Waals surface area contributed by atoms with Crippen LogP contribution >= 0.6 is 0 Å². The highest BCUT2D eigenvalue weighted by Gasteiger charge is 2.10. The highest BCUT2D eigenvalue weighted by Crippen LogP contribution is 2.31. The third-order valence-corrected chi connectivity index (χ3v) is 2.52. The Morgan fingerprint density at radius 2 is 2.00 bits per heavy atom. The van der Waals surface area contributed by atoms with Crippen LogP contribution in [0.4, 0.5) is 0 Å². The summed E-state index contributed by atoms with van der Waals surface area (Å²) in [6.07, 6.45) is 3.31. The van der Waals surface area contributed by atoms with E-state index in [0.717, 1.165) is 11.0 Å². The Bertz CT molecular complexity index is 658. The van der Waals surface area contributed by atoms with Crippen LogP contribution in [0, 0.1) is 0 Å². The van der Waals surface area contributed by atoms with Crippen LogP contribution in [0.5, 0.6) is 11.5 Å². The van der Waals surface area contributed by atoms with Gasteiger partial charge >= 0.3 is 0 Å². The number of nitrogens with zero attached hydrogens (tertiary/aromatic N) is 2. The van der Waals surface area contributed by atoms with E-state index in [1.165, 1.54) is 18.2 Å². The largest absolute Gasteiger partial charge is 0.508 e. The Morgan fingerprint density at radius 3 is 2.82 bits per heavy atom. The van der Waals surface area contributed by atoms with Crippen LogP contribution in [-0.4, -0.2) is 25.2 Å². The first-order valence-electron chi connectivity index (χ1n) is 5.06. The second-order valence-corrected chi connectivity index (χ2v) is 3.68. The van der Waals surface area contributed by atoms with Gasteiger partial charge < -0.3 is 15.2 Å². The molecule has 2 aromatic heterocycles. The van der Waals surface area contributed by atoms with E-state index in [4.69, 9.17) is 0 Å². The van der Waals surface area contributed by atoms with Crippen molar-refractivity contribution in [2.45, 2.75) is 0 Å². The molecule has 3 aromatic rings. The van der Waals surface area contributed by atoms with Crippen molar-refractivity contribution in [3.63, 3.8) is 0 Å². The standard InChI is InChI=1S/C12H9N3O2/c16-7-1-2-11(17)8(5-7)12-14-9-3-4-13-6-10(9)15-12/h1-6,16-17H,(H,14,15). The van der Waals surface area contributed by atoms with Crippen LogP contribution in [0.3, 0.4) is 0 Å². The summed E-state index contributed by atoms with van der Waals surface area (Å²) in [6.45, 7) is 0. The van der Waals surface area contributed by atoms with E-state index in [2.05, 4.69) is 15.0 Å². The van der Waals surface area contributed by atoms with Gasteiger partial charge in [-0.2, -0.15) is 0 Å². The van der Waals surface area contributed by atoms with Gasteiger partial charge in [0.25, 0.3) is 0 Å². The molecule has 5 heteroatoms. The number of hydrogen-bond donors (Lipinski definition) is 3. The molecule has 0 radical (unpaired) electrons. The lowest BCUT2D eigenvalue weighted by atomic mass is 10.2. The van der Waals surface area contributed by atoms with E-state index in [9.17, 15) is 10.2 Å². The van der Waals surface area contributed by atoms with Crippen molar-refractivity contribution in [2.24, 2.45) is 0 Å². The molecule has 0 saturated heterocycles. The van der Waals surface area contributed by atoms with Crippen LogP contribution in [0.15, 0.2) is 36.7 Å². The minimum atomic E-state index is 0.0646. The number of phenols is 2. The van der Waals surface area contributed by atoms with E-state index >= 15 is 0 Å². The highest BCUT2D eigenvalue weighted by atomic mass is 16.3. The maximum Gasteiger partial charge on any atom is 0.142 e. The molecule has 84 valence electrons. The van der Waals surface area contributed by atoms with Crippen molar-refractivity contribution in [3.05, 3.63) is 36.7 Å². The van der Waals surface area contributed by atoms with E-state index in [0.29, 0.717) is 11.4 Å². The Labute approximate surface area is 96.4 Å². The summed E-state index contributed by atoms with van der Waals surface area (Å²) in [7, 11) is 0. The smallest absolute Gasteiger partial charge is 0.142 e. The summed E-state index contributed by atoms with van der Waals surface area (Å²) in [6, 6.07) is 6.08. The molecule has 0 aliphatic heterocycles. The molecule has 0 bridgehead atoms. The summed E-state index contributed by atoms with van der Waals surface area (Å²) < 4.78 is 0. The zero-order valence-corrected chi connectivity index (χ0v) is 8.75. The molecule has 0 saturated carbocycles. The number of imidazole rings is 1. The fourth-order valence-electron chi connectivity index (χ4n) is 1.70. The minimum absolute atomic E-state index is 0.0646. The average Bonchev–Trinajstić information content (AvgIpc) is 2.75. The van der Waals surface area contributed by atoms with Gasteiger partial charge in [-0.3, -0.25) is 4.98 Å². The minimum Gasteiger partial charge on any atom is -0.508 e. The maximum absolute atomic E-state index is 9.73. The summed E-state index contributed by atoms with van der Waals surface area (Å²) in [5.74, 6) is 0.646. The zero-order chi connectivity index (χ0) is 11.8. The quantitative estimate of drug-likeness (QED) is 0.555. The number of aromatic hydroxyl groups is 2. The molecule has 2 heterocycles. The Hall–Kier alpha value is -2.56. The topological polar surface area (TPSA) is 82.0 Å². The normalized spacial score (nSPS) is 10.8. The predicted octanol–water partition coefficient (Wildman–Crippen LogP) is 2.04. The third-order valence-electron chi connectivity index (χ3n) is 2.52. The van der Waals surface area contributed by atoms with Crippen molar-refractivity contribution in [2.75, 3.05) is 0 Å². The first-order chi connectivity index (χ1) is 8.24. The molecule has 3 N–H and O–H groups in total. The molecular weight excluding hydrogens is 218 g/mol. The second kappa shape index (κ2) is 3.48. The van der Waals surface area contributed by atoms with Crippen LogP contribution in [0.25, 0.3) is 22.4 Å². The fourth-order valence-corrected chi connectivity index (χ4v) is 1.70. The molecule has 5 nitrogen and oxygen atoms in total. The molecule has 3 rings (SSSR count). The van der Waals surface area contributed by atoms with Gasteiger partial charge in [0.05, 0.1) is 22.8 Å². The van der Waals surface area contributed by atoms with Gasteiger partial charge in [-0.05, 0) is 24.3 Å². The summed E-state index contributed by atoms with van der Waals surface area (Å²) in [5.41, 5.74) is 2.00. The zero-order valence-electron chi connectivity index (χ0n) is 8.75. The molecule has 0 aliphatic carbocycles. The van der Waals surface area contributed by atoms with Gasteiger partial charge in [-0.1, -0.05) is 0 Å². The highest BCUT2D eigenvalue weighted by molar-refractivity contribution is 5.80. The molecule has 0 spiro atoms. The Morgan fingerprint density at radius 1 is 1.12 bits per heavy atom. The lowest BCUT2D eigenvalue weighted by Gasteiger charge is -2.01. The number of rotatable bonds is 1. The summed E-state index contributed by atoms with van der Waals surface area (Å²) in [5, 5.41) is 19.1. The van der Waals surface area contributed by atoms with Crippen molar-refractivity contribution >= 4 is 11.0 Å². The van der Waals surface area contributed by atoms with Crippen LogP contribution in [-0.2, 0) is 0 Å². The van der Waals surface area contributed by atoms with Crippen molar-refractivity contribution in [3.8, 4) is 22.9 Å². The first kappa shape index (κ1) is 9.65. The molecule has 1 aromatic carbocycles. The Balaban J connectivity index is 2.23. The van der Waals surface area contributed by atoms with Crippen molar-refractivity contribution in [1.29, 1.82) is 0 Å². The molecule has 0 fully saturated rings. The number of phenolic OH excluding ortho intramolecular Hbond substituents is 2. The molecular formula is C12H9N3O2. The fraction of sp³-hybridized carbons (Fsp3) is 0. The van der Waals surface area contributed by atoms with Crippen LogP contribution in [0.1, 0.15) is 0 Å². The predicted molar refractivity (Wildman–Crippen MR) is 62.7 cm³/mol. The van der Waals surface area contributed by atoms with E-state index in [-0.39, 0.29) is 11.5 Å². The molecule has 17 heavy (non-hydrogen) atoms. The van der Waals surface area contributed by atoms with Gasteiger partial charge in [0.1, 0.15) is 17.3 Å². The van der Waals surface area contributed by atoms with Crippen LogP contribution < -0.4 is 0 Å². The average molecular weight is 227 g/mol. The molecule has 0 unspecified atom stereocenters. The number of benzene rings is 1. The lowest BCUT2D eigenvalue weighted by molar-refractivity contribution is 0.461. The van der Waals surface area contributed by atoms with Crippen molar-refractivity contribution < 1.29 is 10.2 Å². The van der Waals surface area contributed by atoms with Crippen LogP contribution in [0.2, 0.25) is 0 Å². The molecule has 0 aliphatic rings. The van der Waals surface area contributed by atoms with E-state index in [1.807, 2.05) is 0 Å². The number of hydrogen-bond acceptors (Lipinski definition) is 4. The molecule has 0 atom stereocenters. The first-order valence-corrected chi connectivity index (χ1v) is 5.06. The number of H-pyrrole nitrogens is 1. The summed E-state index contributed by atoms with van der Waals surface area (Å²) >= 11 is 0. The summed E-state index contributed by atoms with van der Waals surface area (Å²) in [4.78, 5) is 11.3. The molecule has 0 amide bonds. The van der Waals surface area contributed by atoms with Gasteiger partial charge in [-0.15, -0.1) is 0 Å². The van der Waals surface area contributed by atoms with Gasteiger partial charge in [0.2, 0.25) is 0 Å². The number of pyridine rings is 1. The third kappa shape index (κ3) is 1.57. The van der Waals surface area contributed by atoms with E-state index < -0.39 is 0 Å². The van der Waals surface area contributed by atoms with Gasteiger partial charge in [0, 0.05) is 6.20 Å². The number of nitrogens with one attached hydrogen (secondary N) is 1. The van der Waals surface area contributed by atoms with Crippen molar-refractivity contribution in [1.82, 2.24) is 15.0 Å². The lowest BCUT2D eigenvalue weighted by Crippen LogP contribution is -1.81. The number of aromatic amines is 1. The maximum atomic E-state index is 9.73. The SMILES string of the molecule is Oc1ccc(O)c(-c2nc3ccncc3[nH]2)c1. The second-order valence-electron chi connectivity index (χ2n) is 3.68. The van der Waals surface area contributed by atoms with E-state index in [1.54, 1.807) is 18.5 Å². The monoisotopic (exact) mass is 227 g/mol. The Kier molecular flexibility index (Phi) is 1.98.